The molecule has 1 saturated heterocycles. The topological polar surface area (TPSA) is 43.7 Å². The third-order valence-corrected chi connectivity index (χ3v) is 5.70. The molecule has 0 N–H and O–H groups in total. The van der Waals surface area contributed by atoms with Gasteiger partial charge in [-0.3, -0.25) is 4.90 Å². The largest absolute Gasteiger partial charge is 0.497 e. The van der Waals surface area contributed by atoms with Crippen LogP contribution < -0.4 is 4.74 Å². The van der Waals surface area contributed by atoms with Crippen LogP contribution in [-0.4, -0.2) is 42.2 Å². The molecule has 5 nitrogen and oxygen atoms in total. The third kappa shape index (κ3) is 4.15. The molecule has 0 atom stereocenters. The number of rotatable bonds is 6. The van der Waals surface area contributed by atoms with Crippen molar-refractivity contribution in [3.05, 3.63) is 65.9 Å². The minimum Gasteiger partial charge on any atom is -0.497 e. The van der Waals surface area contributed by atoms with Crippen LogP contribution in [0.5, 0.6) is 5.75 Å². The number of carbonyl (C=O) groups is 1. The molecule has 0 spiro atoms. The summed E-state index contributed by atoms with van der Waals surface area (Å²) in [5.41, 5.74) is 3.05. The first kappa shape index (κ1) is 19.5. The predicted molar refractivity (Wildman–Crippen MR) is 114 cm³/mol. The molecule has 1 aliphatic rings. The Balaban J connectivity index is 1.58. The number of methoxy groups -OCH3 is 1. The molecule has 2 aromatic carbocycles. The van der Waals surface area contributed by atoms with Crippen molar-refractivity contribution in [3.8, 4) is 5.75 Å². The molecule has 1 fully saturated rings. The molecule has 4 rings (SSSR count). The number of fused-ring (bicyclic) bond motifs is 1. The molecule has 5 heteroatoms. The van der Waals surface area contributed by atoms with Gasteiger partial charge in [0.15, 0.2) is 0 Å². The van der Waals surface area contributed by atoms with Gasteiger partial charge in [-0.25, -0.2) is 4.79 Å². The molecule has 0 unspecified atom stereocenters. The minimum atomic E-state index is -0.255. The molecule has 3 aromatic rings. The zero-order chi connectivity index (χ0) is 20.2. The second kappa shape index (κ2) is 8.70. The van der Waals surface area contributed by atoms with Gasteiger partial charge < -0.3 is 14.0 Å². The molecule has 0 saturated carbocycles. The highest BCUT2D eigenvalue weighted by Gasteiger charge is 2.26. The van der Waals surface area contributed by atoms with E-state index in [1.54, 1.807) is 7.11 Å². The molecular weight excluding hydrogens is 364 g/mol. The van der Waals surface area contributed by atoms with E-state index in [4.69, 9.17) is 9.47 Å². The lowest BCUT2D eigenvalue weighted by atomic mass is 10.0. The van der Waals surface area contributed by atoms with E-state index in [0.717, 1.165) is 49.1 Å². The van der Waals surface area contributed by atoms with Crippen molar-refractivity contribution < 1.29 is 14.3 Å². The third-order valence-electron chi connectivity index (χ3n) is 5.70. The highest BCUT2D eigenvalue weighted by Crippen LogP contribution is 2.33. The van der Waals surface area contributed by atoms with Gasteiger partial charge in [0.25, 0.3) is 0 Å². The summed E-state index contributed by atoms with van der Waals surface area (Å²) in [7, 11) is 1.66. The monoisotopic (exact) mass is 392 g/mol. The van der Waals surface area contributed by atoms with Gasteiger partial charge in [-0.05, 0) is 49.6 Å². The van der Waals surface area contributed by atoms with Gasteiger partial charge >= 0.3 is 5.97 Å². The van der Waals surface area contributed by atoms with Crippen LogP contribution in [0.15, 0.2) is 54.6 Å². The van der Waals surface area contributed by atoms with E-state index < -0.39 is 0 Å². The first-order valence-electron chi connectivity index (χ1n) is 10.3. The minimum absolute atomic E-state index is 0.255. The molecule has 29 heavy (non-hydrogen) atoms. The Labute approximate surface area is 171 Å². The highest BCUT2D eigenvalue weighted by atomic mass is 16.5. The Hall–Kier alpha value is -2.79. The molecular formula is C24H28N2O3. The van der Waals surface area contributed by atoms with Gasteiger partial charge in [0.1, 0.15) is 11.4 Å². The molecule has 0 bridgehead atoms. The van der Waals surface area contributed by atoms with Crippen LogP contribution in [0.4, 0.5) is 0 Å². The summed E-state index contributed by atoms with van der Waals surface area (Å²) in [4.78, 5) is 15.1. The van der Waals surface area contributed by atoms with Crippen molar-refractivity contribution in [2.75, 3.05) is 26.8 Å². The number of nitrogens with zero attached hydrogens (tertiary/aromatic N) is 2. The molecule has 0 aliphatic carbocycles. The quantitative estimate of drug-likeness (QED) is 0.572. The number of ether oxygens (including phenoxy) is 2. The summed E-state index contributed by atoms with van der Waals surface area (Å²) < 4.78 is 12.9. The predicted octanol–water partition coefficient (Wildman–Crippen LogP) is 4.66. The zero-order valence-corrected chi connectivity index (χ0v) is 17.1. The Kier molecular flexibility index (Phi) is 5.86. The van der Waals surface area contributed by atoms with Gasteiger partial charge in [-0.15, -0.1) is 0 Å². The van der Waals surface area contributed by atoms with Crippen LogP contribution in [0.1, 0.15) is 41.9 Å². The van der Waals surface area contributed by atoms with E-state index >= 15 is 0 Å². The van der Waals surface area contributed by atoms with Crippen molar-refractivity contribution in [3.63, 3.8) is 0 Å². The van der Waals surface area contributed by atoms with Crippen molar-refractivity contribution >= 4 is 16.9 Å². The maximum absolute atomic E-state index is 12.7. The molecule has 2 heterocycles. The lowest BCUT2D eigenvalue weighted by Gasteiger charge is -2.33. The maximum Gasteiger partial charge on any atom is 0.354 e. The molecule has 1 aliphatic heterocycles. The van der Waals surface area contributed by atoms with Gasteiger partial charge in [-0.2, -0.15) is 0 Å². The van der Waals surface area contributed by atoms with E-state index in [2.05, 4.69) is 39.8 Å². The summed E-state index contributed by atoms with van der Waals surface area (Å²) >= 11 is 0. The van der Waals surface area contributed by atoms with Gasteiger partial charge in [0, 0.05) is 36.6 Å². The number of hydrogen-bond donors (Lipinski definition) is 0. The van der Waals surface area contributed by atoms with E-state index in [9.17, 15) is 4.79 Å². The van der Waals surface area contributed by atoms with E-state index in [1.165, 1.54) is 5.56 Å². The molecule has 0 amide bonds. The van der Waals surface area contributed by atoms with Crippen molar-refractivity contribution in [1.82, 2.24) is 9.47 Å². The summed E-state index contributed by atoms with van der Waals surface area (Å²) in [5.74, 6) is 0.539. The number of aromatic nitrogens is 1. The average molecular weight is 392 g/mol. The van der Waals surface area contributed by atoms with Crippen LogP contribution in [0.25, 0.3) is 10.9 Å². The molecule has 1 aromatic heterocycles. The normalized spacial score (nSPS) is 15.5. The van der Waals surface area contributed by atoms with Gasteiger partial charge in [0.05, 0.1) is 13.7 Å². The number of likely N-dealkylation sites (tertiary alicyclic amines) is 1. The fraction of sp³-hybridized carbons (Fsp3) is 0.375. The summed E-state index contributed by atoms with van der Waals surface area (Å²) in [5, 5.41) is 1.01. The number of carbonyl (C=O) groups excluding carboxylic acids is 1. The Morgan fingerprint density at radius 2 is 1.83 bits per heavy atom. The first-order chi connectivity index (χ1) is 14.2. The van der Waals surface area contributed by atoms with E-state index in [1.807, 2.05) is 31.2 Å². The fourth-order valence-corrected chi connectivity index (χ4v) is 4.27. The number of piperidine rings is 1. The van der Waals surface area contributed by atoms with E-state index in [0.29, 0.717) is 12.3 Å². The molecule has 0 radical (unpaired) electrons. The average Bonchev–Trinajstić information content (AvgIpc) is 3.14. The smallest absolute Gasteiger partial charge is 0.354 e. The fourth-order valence-electron chi connectivity index (χ4n) is 4.27. The number of esters is 1. The van der Waals surface area contributed by atoms with Crippen LogP contribution in [-0.2, 0) is 11.3 Å². The second-order valence-electron chi connectivity index (χ2n) is 7.54. The Morgan fingerprint density at radius 3 is 2.52 bits per heavy atom. The van der Waals surface area contributed by atoms with Crippen LogP contribution in [0.2, 0.25) is 0 Å². The summed E-state index contributed by atoms with van der Waals surface area (Å²) in [6, 6.07) is 18.8. The lowest BCUT2D eigenvalue weighted by Crippen LogP contribution is -2.35. The highest BCUT2D eigenvalue weighted by molar-refractivity contribution is 5.96. The van der Waals surface area contributed by atoms with Crippen LogP contribution in [0, 0.1) is 0 Å². The standard InChI is InChI=1S/C24H28N2O3/c1-3-29-24(27)23-16-19-15-21(28-2)9-10-22(19)26(23)20-11-13-25(14-12-20)17-18-7-5-4-6-8-18/h4-10,15-16,20H,3,11-14,17H2,1-2H3. The van der Waals surface area contributed by atoms with Gasteiger partial charge in [0.2, 0.25) is 0 Å². The number of benzene rings is 2. The zero-order valence-electron chi connectivity index (χ0n) is 17.1. The van der Waals surface area contributed by atoms with Crippen LogP contribution in [0.3, 0.4) is 0 Å². The summed E-state index contributed by atoms with van der Waals surface area (Å²) in [6.07, 6.45) is 2.02. The Morgan fingerprint density at radius 1 is 1.07 bits per heavy atom. The lowest BCUT2D eigenvalue weighted by molar-refractivity contribution is 0.0508. The van der Waals surface area contributed by atoms with Gasteiger partial charge in [-0.1, -0.05) is 30.3 Å². The van der Waals surface area contributed by atoms with Crippen molar-refractivity contribution in [1.29, 1.82) is 0 Å². The van der Waals surface area contributed by atoms with Crippen molar-refractivity contribution in [2.24, 2.45) is 0 Å². The van der Waals surface area contributed by atoms with Crippen molar-refractivity contribution in [2.45, 2.75) is 32.4 Å². The Bertz CT molecular complexity index is 972. The van der Waals surface area contributed by atoms with E-state index in [-0.39, 0.29) is 12.0 Å². The summed E-state index contributed by atoms with van der Waals surface area (Å²) in [6.45, 7) is 5.21. The maximum atomic E-state index is 12.7. The first-order valence-corrected chi connectivity index (χ1v) is 10.3. The number of hydrogen-bond acceptors (Lipinski definition) is 4. The van der Waals surface area contributed by atoms with Crippen LogP contribution >= 0.6 is 0 Å². The molecule has 152 valence electrons. The second-order valence-corrected chi connectivity index (χ2v) is 7.54. The SMILES string of the molecule is CCOC(=O)c1cc2cc(OC)ccc2n1C1CCN(Cc2ccccc2)CC1.